The van der Waals surface area contributed by atoms with Crippen LogP contribution in [0, 0.1) is 6.92 Å². The molecule has 1 rings (SSSR count). The Balaban J connectivity index is 2.71. The summed E-state index contributed by atoms with van der Waals surface area (Å²) in [7, 11) is 1.68. The Morgan fingerprint density at radius 3 is 2.79 bits per heavy atom. The van der Waals surface area contributed by atoms with Crippen LogP contribution in [0.5, 0.6) is 5.75 Å². The molecule has 0 spiro atoms. The molecule has 0 saturated heterocycles. The number of hydrogen-bond acceptors (Lipinski definition) is 2. The van der Waals surface area contributed by atoms with Crippen LogP contribution in [0.4, 0.5) is 5.69 Å². The maximum absolute atomic E-state index is 5.17. The molecule has 0 bridgehead atoms. The molecular formula is C11H14BrNO. The highest BCUT2D eigenvalue weighted by molar-refractivity contribution is 9.11. The van der Waals surface area contributed by atoms with Crippen LogP contribution in [0.15, 0.2) is 29.3 Å². The van der Waals surface area contributed by atoms with Crippen LogP contribution in [-0.4, -0.2) is 13.7 Å². The Labute approximate surface area is 93.1 Å². The highest BCUT2D eigenvalue weighted by atomic mass is 79.9. The molecule has 0 aromatic heterocycles. The number of benzene rings is 1. The van der Waals surface area contributed by atoms with Crippen molar-refractivity contribution < 1.29 is 4.74 Å². The van der Waals surface area contributed by atoms with Crippen LogP contribution in [-0.2, 0) is 0 Å². The average Bonchev–Trinajstić information content (AvgIpc) is 2.15. The van der Waals surface area contributed by atoms with Crippen molar-refractivity contribution in [2.75, 3.05) is 19.0 Å². The van der Waals surface area contributed by atoms with Crippen LogP contribution in [0.2, 0.25) is 0 Å². The van der Waals surface area contributed by atoms with E-state index in [1.165, 1.54) is 0 Å². The first-order valence-electron chi connectivity index (χ1n) is 4.35. The molecular weight excluding hydrogens is 242 g/mol. The number of aryl methyl sites for hydroxylation is 1. The number of nitrogens with one attached hydrogen (secondary N) is 1. The molecule has 0 fully saturated rings. The minimum Gasteiger partial charge on any atom is -0.496 e. The van der Waals surface area contributed by atoms with Gasteiger partial charge in [0.15, 0.2) is 0 Å². The van der Waals surface area contributed by atoms with Crippen molar-refractivity contribution in [3.05, 3.63) is 34.8 Å². The maximum atomic E-state index is 5.17. The lowest BCUT2D eigenvalue weighted by atomic mass is 10.2. The van der Waals surface area contributed by atoms with Gasteiger partial charge in [0.25, 0.3) is 0 Å². The van der Waals surface area contributed by atoms with Crippen molar-refractivity contribution in [2.24, 2.45) is 0 Å². The summed E-state index contributed by atoms with van der Waals surface area (Å²) in [4.78, 5) is 0. The second kappa shape index (κ2) is 5.05. The molecule has 1 aromatic carbocycles. The van der Waals surface area contributed by atoms with Crippen LogP contribution in [0.25, 0.3) is 0 Å². The van der Waals surface area contributed by atoms with Gasteiger partial charge >= 0.3 is 0 Å². The van der Waals surface area contributed by atoms with E-state index in [2.05, 4.69) is 33.9 Å². The SMILES string of the molecule is C=C(Br)CNc1ccc(OC)c(C)c1. The lowest BCUT2D eigenvalue weighted by Crippen LogP contribution is -2.00. The van der Waals surface area contributed by atoms with Gasteiger partial charge in [0, 0.05) is 16.7 Å². The molecule has 0 aliphatic heterocycles. The molecule has 0 unspecified atom stereocenters. The Kier molecular flexibility index (Phi) is 4.01. The summed E-state index contributed by atoms with van der Waals surface area (Å²) in [6, 6.07) is 5.99. The van der Waals surface area contributed by atoms with Crippen molar-refractivity contribution in [3.63, 3.8) is 0 Å². The van der Waals surface area contributed by atoms with Gasteiger partial charge in [-0.25, -0.2) is 0 Å². The second-order valence-corrected chi connectivity index (χ2v) is 4.18. The standard InChI is InChI=1S/C11H14BrNO/c1-8-6-10(13-7-9(2)12)4-5-11(8)14-3/h4-6,13H,2,7H2,1,3H3. The van der Waals surface area contributed by atoms with Gasteiger partial charge in [-0.1, -0.05) is 22.5 Å². The van der Waals surface area contributed by atoms with Crippen molar-refractivity contribution >= 4 is 21.6 Å². The van der Waals surface area contributed by atoms with E-state index in [1.807, 2.05) is 19.1 Å². The largest absolute Gasteiger partial charge is 0.496 e. The number of anilines is 1. The zero-order chi connectivity index (χ0) is 10.6. The van der Waals surface area contributed by atoms with Gasteiger partial charge in [0.05, 0.1) is 7.11 Å². The molecule has 0 aliphatic carbocycles. The summed E-state index contributed by atoms with van der Waals surface area (Å²) in [5.74, 6) is 0.910. The molecule has 0 heterocycles. The van der Waals surface area contributed by atoms with Crippen LogP contribution >= 0.6 is 15.9 Å². The van der Waals surface area contributed by atoms with Gasteiger partial charge in [0.1, 0.15) is 5.75 Å². The second-order valence-electron chi connectivity index (χ2n) is 3.06. The summed E-state index contributed by atoms with van der Waals surface area (Å²) >= 11 is 3.30. The Hall–Kier alpha value is -0.960. The van der Waals surface area contributed by atoms with Gasteiger partial charge in [-0.05, 0) is 30.7 Å². The topological polar surface area (TPSA) is 21.3 Å². The van der Waals surface area contributed by atoms with Gasteiger partial charge < -0.3 is 10.1 Å². The third kappa shape index (κ3) is 3.07. The summed E-state index contributed by atoms with van der Waals surface area (Å²) in [6.45, 7) is 6.50. The van der Waals surface area contributed by atoms with Crippen LogP contribution in [0.3, 0.4) is 0 Å². The van der Waals surface area contributed by atoms with Crippen molar-refractivity contribution in [1.29, 1.82) is 0 Å². The molecule has 1 aromatic rings. The molecule has 0 radical (unpaired) electrons. The van der Waals surface area contributed by atoms with Crippen molar-refractivity contribution in [1.82, 2.24) is 0 Å². The molecule has 0 amide bonds. The fourth-order valence-corrected chi connectivity index (χ4v) is 1.33. The number of ether oxygens (including phenoxy) is 1. The van der Waals surface area contributed by atoms with E-state index in [1.54, 1.807) is 7.11 Å². The fraction of sp³-hybridized carbons (Fsp3) is 0.273. The van der Waals surface area contributed by atoms with E-state index < -0.39 is 0 Å². The van der Waals surface area contributed by atoms with Gasteiger partial charge in [-0.15, -0.1) is 0 Å². The molecule has 1 N–H and O–H groups in total. The average molecular weight is 256 g/mol. The highest BCUT2D eigenvalue weighted by Crippen LogP contribution is 2.21. The van der Waals surface area contributed by atoms with Crippen molar-refractivity contribution in [3.8, 4) is 5.75 Å². The molecule has 76 valence electrons. The molecule has 0 aliphatic rings. The normalized spacial score (nSPS) is 9.64. The minimum atomic E-state index is 0.728. The van der Waals surface area contributed by atoms with Gasteiger partial charge in [-0.2, -0.15) is 0 Å². The third-order valence-corrected chi connectivity index (χ3v) is 2.16. The summed E-state index contributed by atoms with van der Waals surface area (Å²) in [5.41, 5.74) is 2.20. The van der Waals surface area contributed by atoms with Gasteiger partial charge in [0.2, 0.25) is 0 Å². The van der Waals surface area contributed by atoms with E-state index in [-0.39, 0.29) is 0 Å². The lowest BCUT2D eigenvalue weighted by molar-refractivity contribution is 0.412. The Morgan fingerprint density at radius 1 is 1.57 bits per heavy atom. The third-order valence-electron chi connectivity index (χ3n) is 1.88. The summed E-state index contributed by atoms with van der Waals surface area (Å²) < 4.78 is 6.11. The highest BCUT2D eigenvalue weighted by Gasteiger charge is 1.99. The van der Waals surface area contributed by atoms with E-state index in [0.717, 1.165) is 28.0 Å². The lowest BCUT2D eigenvalue weighted by Gasteiger charge is -2.09. The number of methoxy groups -OCH3 is 1. The first-order chi connectivity index (χ1) is 6.63. The summed E-state index contributed by atoms with van der Waals surface area (Å²) in [5, 5.41) is 3.23. The van der Waals surface area contributed by atoms with Crippen molar-refractivity contribution in [2.45, 2.75) is 6.92 Å². The number of halogens is 1. The quantitative estimate of drug-likeness (QED) is 0.892. The summed E-state index contributed by atoms with van der Waals surface area (Å²) in [6.07, 6.45) is 0. The maximum Gasteiger partial charge on any atom is 0.121 e. The van der Waals surface area contributed by atoms with Gasteiger partial charge in [-0.3, -0.25) is 0 Å². The van der Waals surface area contributed by atoms with E-state index in [4.69, 9.17) is 4.74 Å². The minimum absolute atomic E-state index is 0.728. The number of hydrogen-bond donors (Lipinski definition) is 1. The van der Waals surface area contributed by atoms with Crippen LogP contribution < -0.4 is 10.1 Å². The zero-order valence-electron chi connectivity index (χ0n) is 8.43. The smallest absolute Gasteiger partial charge is 0.121 e. The van der Waals surface area contributed by atoms with Crippen LogP contribution in [0.1, 0.15) is 5.56 Å². The molecule has 3 heteroatoms. The number of rotatable bonds is 4. The van der Waals surface area contributed by atoms with E-state index in [0.29, 0.717) is 0 Å². The first kappa shape index (κ1) is 11.1. The first-order valence-corrected chi connectivity index (χ1v) is 5.14. The Morgan fingerprint density at radius 2 is 2.29 bits per heavy atom. The fourth-order valence-electron chi connectivity index (χ4n) is 1.19. The molecule has 2 nitrogen and oxygen atoms in total. The monoisotopic (exact) mass is 255 g/mol. The molecule has 0 atom stereocenters. The van der Waals surface area contributed by atoms with E-state index in [9.17, 15) is 0 Å². The molecule has 0 saturated carbocycles. The zero-order valence-corrected chi connectivity index (χ0v) is 10.0. The predicted molar refractivity (Wildman–Crippen MR) is 64.3 cm³/mol. The predicted octanol–water partition coefficient (Wildman–Crippen LogP) is 3.32. The molecule has 14 heavy (non-hydrogen) atoms. The Bertz CT molecular complexity index is 336. The van der Waals surface area contributed by atoms with E-state index >= 15 is 0 Å².